The molecule has 12 heavy (non-hydrogen) atoms. The van der Waals surface area contributed by atoms with Gasteiger partial charge in [-0.1, -0.05) is 19.1 Å². The third-order valence-corrected chi connectivity index (χ3v) is 4.62. The van der Waals surface area contributed by atoms with E-state index >= 15 is 0 Å². The Balaban J connectivity index is 2.70. The second-order valence-corrected chi connectivity index (χ2v) is 6.11. The molecule has 0 unspecified atom stereocenters. The van der Waals surface area contributed by atoms with E-state index in [1.54, 1.807) is 6.92 Å². The second kappa shape index (κ2) is 2.96. The highest BCUT2D eigenvalue weighted by molar-refractivity contribution is 7.91. The molecule has 5 heteroatoms. The largest absolute Gasteiger partial charge is 0.393 e. The summed E-state index contributed by atoms with van der Waals surface area (Å²) in [6.45, 7) is 1.64. The maximum Gasteiger partial charge on any atom is 0.151 e. The molecule has 0 aromatic heterocycles. The van der Waals surface area contributed by atoms with Crippen molar-refractivity contribution in [3.8, 4) is 0 Å². The Morgan fingerprint density at radius 3 is 2.33 bits per heavy atom. The topological polar surface area (TPSA) is 60.2 Å². The van der Waals surface area contributed by atoms with E-state index in [9.17, 15) is 8.42 Å². The Morgan fingerprint density at radius 2 is 2.08 bits per heavy atom. The van der Waals surface area contributed by atoms with Crippen LogP contribution >= 0.6 is 12.2 Å². The lowest BCUT2D eigenvalue weighted by atomic mass is 10.1. The summed E-state index contributed by atoms with van der Waals surface area (Å²) in [5.74, 6) is 0.323. The maximum atomic E-state index is 11.2. The van der Waals surface area contributed by atoms with Crippen LogP contribution in [0, 0.1) is 5.41 Å². The Morgan fingerprint density at radius 1 is 1.58 bits per heavy atom. The predicted octanol–water partition coefficient (Wildman–Crippen LogP) is 0.487. The summed E-state index contributed by atoms with van der Waals surface area (Å²) in [6.07, 6.45) is 1.67. The molecule has 1 aliphatic carbocycles. The van der Waals surface area contributed by atoms with Crippen LogP contribution in [-0.2, 0) is 9.84 Å². The van der Waals surface area contributed by atoms with Crippen molar-refractivity contribution in [3.63, 3.8) is 0 Å². The molecule has 3 nitrogen and oxygen atoms in total. The maximum absolute atomic E-state index is 11.2. The van der Waals surface area contributed by atoms with Gasteiger partial charge in [0.05, 0.1) is 10.7 Å². The molecule has 0 radical (unpaired) electrons. The van der Waals surface area contributed by atoms with Crippen molar-refractivity contribution in [1.82, 2.24) is 0 Å². The van der Waals surface area contributed by atoms with E-state index in [-0.39, 0.29) is 16.9 Å². The Kier molecular flexibility index (Phi) is 2.45. The van der Waals surface area contributed by atoms with E-state index in [0.29, 0.717) is 4.99 Å². The summed E-state index contributed by atoms with van der Waals surface area (Å²) >= 11 is 4.82. The van der Waals surface area contributed by atoms with Gasteiger partial charge in [0.15, 0.2) is 9.84 Å². The average Bonchev–Trinajstić information content (AvgIpc) is 2.69. The first-order valence-electron chi connectivity index (χ1n) is 3.92. The lowest BCUT2D eigenvalue weighted by molar-refractivity contribution is 0.587. The van der Waals surface area contributed by atoms with Gasteiger partial charge in [0, 0.05) is 11.2 Å². The van der Waals surface area contributed by atoms with Gasteiger partial charge in [-0.25, -0.2) is 8.42 Å². The van der Waals surface area contributed by atoms with Crippen molar-refractivity contribution in [3.05, 3.63) is 0 Å². The smallest absolute Gasteiger partial charge is 0.151 e. The molecule has 0 aromatic carbocycles. The average molecular weight is 207 g/mol. The summed E-state index contributed by atoms with van der Waals surface area (Å²) in [5.41, 5.74) is 5.12. The molecule has 0 aromatic rings. The molecule has 0 atom stereocenters. The van der Waals surface area contributed by atoms with Gasteiger partial charge < -0.3 is 5.73 Å². The van der Waals surface area contributed by atoms with Crippen molar-refractivity contribution in [2.45, 2.75) is 19.8 Å². The first kappa shape index (κ1) is 9.92. The fraction of sp³-hybridized carbons (Fsp3) is 0.857. The van der Waals surface area contributed by atoms with Crippen molar-refractivity contribution >= 4 is 27.0 Å². The molecule has 1 aliphatic rings. The van der Waals surface area contributed by atoms with Gasteiger partial charge in [-0.2, -0.15) is 0 Å². The fourth-order valence-electron chi connectivity index (χ4n) is 1.14. The minimum absolute atomic E-state index is 0.145. The molecule has 0 saturated heterocycles. The predicted molar refractivity (Wildman–Crippen MR) is 52.8 cm³/mol. The van der Waals surface area contributed by atoms with Crippen LogP contribution in [-0.4, -0.2) is 24.9 Å². The summed E-state index contributed by atoms with van der Waals surface area (Å²) in [4.78, 5) is 0.361. The number of sulfone groups is 1. The van der Waals surface area contributed by atoms with Crippen molar-refractivity contribution in [2.75, 3.05) is 11.5 Å². The van der Waals surface area contributed by atoms with E-state index in [4.69, 9.17) is 18.0 Å². The van der Waals surface area contributed by atoms with Crippen LogP contribution in [0.2, 0.25) is 0 Å². The number of hydrogen-bond donors (Lipinski definition) is 1. The van der Waals surface area contributed by atoms with Crippen LogP contribution in [0.3, 0.4) is 0 Å². The van der Waals surface area contributed by atoms with Crippen LogP contribution in [0.15, 0.2) is 0 Å². The molecule has 1 saturated carbocycles. The summed E-state index contributed by atoms with van der Waals surface area (Å²) < 4.78 is 22.5. The number of rotatable bonds is 4. The van der Waals surface area contributed by atoms with Gasteiger partial charge in [0.2, 0.25) is 0 Å². The third-order valence-electron chi connectivity index (χ3n) is 2.31. The van der Waals surface area contributed by atoms with Gasteiger partial charge in [-0.3, -0.25) is 0 Å². The van der Waals surface area contributed by atoms with Crippen molar-refractivity contribution in [1.29, 1.82) is 0 Å². The van der Waals surface area contributed by atoms with Gasteiger partial charge in [-0.05, 0) is 12.8 Å². The van der Waals surface area contributed by atoms with Crippen LogP contribution in [0.5, 0.6) is 0 Å². The highest BCUT2D eigenvalue weighted by Crippen LogP contribution is 2.47. The van der Waals surface area contributed by atoms with Crippen molar-refractivity contribution in [2.24, 2.45) is 11.1 Å². The minimum Gasteiger partial charge on any atom is -0.393 e. The first-order valence-corrected chi connectivity index (χ1v) is 6.15. The fourth-order valence-corrected chi connectivity index (χ4v) is 2.99. The van der Waals surface area contributed by atoms with Gasteiger partial charge in [0.1, 0.15) is 0 Å². The first-order chi connectivity index (χ1) is 5.42. The molecule has 2 N–H and O–H groups in total. The normalized spacial score (nSPS) is 20.4. The zero-order chi connectivity index (χ0) is 9.41. The Labute approximate surface area is 78.2 Å². The van der Waals surface area contributed by atoms with Gasteiger partial charge in [-0.15, -0.1) is 0 Å². The van der Waals surface area contributed by atoms with Gasteiger partial charge >= 0.3 is 0 Å². The van der Waals surface area contributed by atoms with E-state index in [0.717, 1.165) is 12.8 Å². The Hall–Kier alpha value is -0.160. The molecule has 1 rings (SSSR count). The number of nitrogens with two attached hydrogens (primary N) is 1. The monoisotopic (exact) mass is 207 g/mol. The van der Waals surface area contributed by atoms with Gasteiger partial charge in [0.25, 0.3) is 0 Å². The molecular weight excluding hydrogens is 194 g/mol. The van der Waals surface area contributed by atoms with E-state index in [1.165, 1.54) is 0 Å². The zero-order valence-electron chi connectivity index (χ0n) is 7.04. The summed E-state index contributed by atoms with van der Waals surface area (Å²) in [7, 11) is -2.93. The molecule has 0 heterocycles. The minimum atomic E-state index is -2.93. The number of hydrogen-bond acceptors (Lipinski definition) is 3. The quantitative estimate of drug-likeness (QED) is 0.681. The summed E-state index contributed by atoms with van der Waals surface area (Å²) in [6, 6.07) is 0. The number of thiocarbonyl (C=S) groups is 1. The van der Waals surface area contributed by atoms with E-state index < -0.39 is 9.84 Å². The molecule has 70 valence electrons. The van der Waals surface area contributed by atoms with Crippen LogP contribution in [0.4, 0.5) is 0 Å². The lowest BCUT2D eigenvalue weighted by Gasteiger charge is -2.11. The standard InChI is InChI=1S/C7H13NO2S2/c1-2-12(9,10)5-7(3-4-7)6(8)11/h2-5H2,1H3,(H2,8,11). The molecule has 0 bridgehead atoms. The summed E-state index contributed by atoms with van der Waals surface area (Å²) in [5, 5.41) is 0. The van der Waals surface area contributed by atoms with E-state index in [1.807, 2.05) is 0 Å². The van der Waals surface area contributed by atoms with Crippen LogP contribution in [0.25, 0.3) is 0 Å². The Bertz CT molecular complexity index is 291. The molecule has 1 fully saturated rings. The molecule has 0 aliphatic heterocycles. The molecular formula is C7H13NO2S2. The van der Waals surface area contributed by atoms with Crippen molar-refractivity contribution < 1.29 is 8.42 Å². The third kappa shape index (κ3) is 1.95. The van der Waals surface area contributed by atoms with E-state index in [2.05, 4.69) is 0 Å². The van der Waals surface area contributed by atoms with Crippen LogP contribution < -0.4 is 5.73 Å². The highest BCUT2D eigenvalue weighted by atomic mass is 32.2. The molecule has 0 amide bonds. The SMILES string of the molecule is CCS(=O)(=O)CC1(C(N)=S)CC1. The lowest BCUT2D eigenvalue weighted by Crippen LogP contribution is -2.30. The second-order valence-electron chi connectivity index (χ2n) is 3.32. The highest BCUT2D eigenvalue weighted by Gasteiger charge is 2.48. The molecule has 0 spiro atoms. The zero-order valence-corrected chi connectivity index (χ0v) is 8.67. The van der Waals surface area contributed by atoms with Crippen LogP contribution in [0.1, 0.15) is 19.8 Å².